The molecule has 0 aromatic carbocycles. The van der Waals surface area contributed by atoms with Crippen LogP contribution in [-0.2, 0) is 4.79 Å². The molecule has 2 atom stereocenters. The van der Waals surface area contributed by atoms with Gasteiger partial charge in [-0.3, -0.25) is 4.79 Å². The number of hydrogen-bond donors (Lipinski definition) is 2. The van der Waals surface area contributed by atoms with E-state index in [1.165, 1.54) is 6.42 Å². The predicted molar refractivity (Wildman–Crippen MR) is 60.9 cm³/mol. The van der Waals surface area contributed by atoms with Crippen LogP contribution in [0.3, 0.4) is 0 Å². The molecule has 88 valence electrons. The van der Waals surface area contributed by atoms with E-state index in [4.69, 9.17) is 5.11 Å². The highest BCUT2D eigenvalue weighted by atomic mass is 16.4. The number of hydrogen-bond acceptors (Lipinski definition) is 2. The smallest absolute Gasteiger partial charge is 0.313 e. The summed E-state index contributed by atoms with van der Waals surface area (Å²) in [5, 5.41) is 19.8. The van der Waals surface area contributed by atoms with Crippen molar-refractivity contribution in [1.29, 1.82) is 0 Å². The van der Waals surface area contributed by atoms with Crippen molar-refractivity contribution in [1.82, 2.24) is 0 Å². The van der Waals surface area contributed by atoms with E-state index in [9.17, 15) is 9.90 Å². The van der Waals surface area contributed by atoms with E-state index in [0.717, 1.165) is 25.7 Å². The van der Waals surface area contributed by atoms with Crippen LogP contribution in [-0.4, -0.2) is 21.8 Å². The lowest BCUT2D eigenvalue weighted by Crippen LogP contribution is -2.47. The van der Waals surface area contributed by atoms with E-state index in [1.54, 1.807) is 24.3 Å². The van der Waals surface area contributed by atoms with Crippen LogP contribution in [0.4, 0.5) is 0 Å². The van der Waals surface area contributed by atoms with Crippen LogP contribution in [0, 0.1) is 11.8 Å². The van der Waals surface area contributed by atoms with Gasteiger partial charge in [0.2, 0.25) is 0 Å². The van der Waals surface area contributed by atoms with Crippen LogP contribution >= 0.6 is 0 Å². The van der Waals surface area contributed by atoms with Crippen LogP contribution in [0.15, 0.2) is 24.3 Å². The Morgan fingerprint density at radius 3 is 2.50 bits per heavy atom. The zero-order chi connectivity index (χ0) is 11.6. The van der Waals surface area contributed by atoms with Crippen molar-refractivity contribution >= 4 is 5.97 Å². The number of carboxylic acid groups (broad SMARTS) is 1. The Hall–Kier alpha value is -1.09. The van der Waals surface area contributed by atoms with E-state index < -0.39 is 17.5 Å². The lowest BCUT2D eigenvalue weighted by atomic mass is 9.69. The van der Waals surface area contributed by atoms with Gasteiger partial charge in [-0.25, -0.2) is 0 Å². The normalized spacial score (nSPS) is 35.2. The van der Waals surface area contributed by atoms with Gasteiger partial charge < -0.3 is 10.2 Å². The molecule has 0 bridgehead atoms. The van der Waals surface area contributed by atoms with Crippen LogP contribution < -0.4 is 0 Å². The molecule has 1 fully saturated rings. The summed E-state index contributed by atoms with van der Waals surface area (Å²) >= 11 is 0. The molecule has 0 amide bonds. The molecule has 0 aromatic heterocycles. The van der Waals surface area contributed by atoms with Gasteiger partial charge in [0.05, 0.1) is 0 Å². The Labute approximate surface area is 95.5 Å². The van der Waals surface area contributed by atoms with Crippen LogP contribution in [0.25, 0.3) is 0 Å². The van der Waals surface area contributed by atoms with Gasteiger partial charge in [-0.05, 0) is 18.8 Å². The van der Waals surface area contributed by atoms with E-state index in [0.29, 0.717) is 0 Å². The summed E-state index contributed by atoms with van der Waals surface area (Å²) in [6, 6.07) is 0. The molecule has 3 heteroatoms. The minimum atomic E-state index is -1.18. The van der Waals surface area contributed by atoms with E-state index in [-0.39, 0.29) is 5.92 Å². The zero-order valence-electron chi connectivity index (χ0n) is 9.30. The molecule has 2 unspecified atom stereocenters. The first-order valence-electron chi connectivity index (χ1n) is 5.96. The number of carbonyl (C=O) groups is 1. The molecule has 2 rings (SSSR count). The average molecular weight is 222 g/mol. The van der Waals surface area contributed by atoms with Gasteiger partial charge in [0.25, 0.3) is 0 Å². The van der Waals surface area contributed by atoms with Gasteiger partial charge in [-0.15, -0.1) is 0 Å². The molecular weight excluding hydrogens is 204 g/mol. The fourth-order valence-electron chi connectivity index (χ4n) is 2.88. The van der Waals surface area contributed by atoms with Gasteiger partial charge >= 0.3 is 5.97 Å². The molecule has 1 saturated carbocycles. The van der Waals surface area contributed by atoms with Crippen molar-refractivity contribution in [2.75, 3.05) is 0 Å². The van der Waals surface area contributed by atoms with Gasteiger partial charge in [0.15, 0.2) is 0 Å². The lowest BCUT2D eigenvalue weighted by Gasteiger charge is -2.40. The predicted octanol–water partition coefficient (Wildman–Crippen LogP) is 2.12. The monoisotopic (exact) mass is 222 g/mol. The minimum Gasteiger partial charge on any atom is -0.481 e. The maximum absolute atomic E-state index is 11.2. The number of allylic oxidation sites excluding steroid dienone is 2. The molecule has 2 aliphatic rings. The highest BCUT2D eigenvalue weighted by molar-refractivity contribution is 5.75. The molecule has 0 spiro atoms. The Kier molecular flexibility index (Phi) is 3.15. The Morgan fingerprint density at radius 1 is 1.19 bits per heavy atom. The molecule has 0 aromatic rings. The van der Waals surface area contributed by atoms with Crippen molar-refractivity contribution in [3.63, 3.8) is 0 Å². The average Bonchev–Trinajstić information content (AvgIpc) is 2.30. The summed E-state index contributed by atoms with van der Waals surface area (Å²) in [7, 11) is 0. The molecule has 0 radical (unpaired) electrons. The summed E-state index contributed by atoms with van der Waals surface area (Å²) < 4.78 is 0. The summed E-state index contributed by atoms with van der Waals surface area (Å²) in [5.41, 5.74) is -1.18. The third kappa shape index (κ3) is 1.92. The number of aliphatic carboxylic acids is 1. The van der Waals surface area contributed by atoms with Crippen molar-refractivity contribution in [3.8, 4) is 0 Å². The van der Waals surface area contributed by atoms with E-state index in [2.05, 4.69) is 0 Å². The molecule has 3 nitrogen and oxygen atoms in total. The zero-order valence-corrected chi connectivity index (χ0v) is 9.30. The molecule has 0 aliphatic heterocycles. The standard InChI is InChI=1S/C13H18O3/c14-12(15)11-8-4-5-9-13(11,16)10-6-2-1-3-7-10/h4-5,8-11,16H,1-3,6-7H2,(H,14,15). The van der Waals surface area contributed by atoms with E-state index >= 15 is 0 Å². The Bertz CT molecular complexity index is 326. The number of carboxylic acids is 1. The Balaban J connectivity index is 2.22. The van der Waals surface area contributed by atoms with Gasteiger partial charge in [0.1, 0.15) is 11.5 Å². The second-order valence-corrected chi connectivity index (χ2v) is 4.78. The van der Waals surface area contributed by atoms with Crippen molar-refractivity contribution in [3.05, 3.63) is 24.3 Å². The summed E-state index contributed by atoms with van der Waals surface area (Å²) in [6.07, 6.45) is 12.0. The first-order valence-corrected chi connectivity index (χ1v) is 5.96. The maximum atomic E-state index is 11.2. The highest BCUT2D eigenvalue weighted by Crippen LogP contribution is 2.40. The topological polar surface area (TPSA) is 57.5 Å². The lowest BCUT2D eigenvalue weighted by molar-refractivity contribution is -0.149. The number of aliphatic hydroxyl groups is 1. The van der Waals surface area contributed by atoms with Gasteiger partial charge in [-0.1, -0.05) is 43.6 Å². The second-order valence-electron chi connectivity index (χ2n) is 4.78. The SMILES string of the molecule is O=C(O)C1C=CC=CC1(O)C1CCCCC1. The third-order valence-electron chi connectivity index (χ3n) is 3.80. The molecule has 16 heavy (non-hydrogen) atoms. The molecule has 0 saturated heterocycles. The molecular formula is C13H18O3. The second kappa shape index (κ2) is 4.42. The third-order valence-corrected chi connectivity index (χ3v) is 3.80. The fourth-order valence-corrected chi connectivity index (χ4v) is 2.88. The van der Waals surface area contributed by atoms with Crippen molar-refractivity contribution in [2.24, 2.45) is 11.8 Å². The van der Waals surface area contributed by atoms with Crippen LogP contribution in [0.1, 0.15) is 32.1 Å². The minimum absolute atomic E-state index is 0.0866. The first kappa shape index (κ1) is 11.4. The maximum Gasteiger partial charge on any atom is 0.313 e. The summed E-state index contributed by atoms with van der Waals surface area (Å²) in [6.45, 7) is 0. The molecule has 2 aliphatic carbocycles. The summed E-state index contributed by atoms with van der Waals surface area (Å²) in [5.74, 6) is -1.64. The van der Waals surface area contributed by atoms with Crippen molar-refractivity contribution < 1.29 is 15.0 Å². The van der Waals surface area contributed by atoms with E-state index in [1.807, 2.05) is 0 Å². The first-order chi connectivity index (χ1) is 7.64. The van der Waals surface area contributed by atoms with Gasteiger partial charge in [0, 0.05) is 0 Å². The van der Waals surface area contributed by atoms with Crippen LogP contribution in [0.5, 0.6) is 0 Å². The quantitative estimate of drug-likeness (QED) is 0.752. The largest absolute Gasteiger partial charge is 0.481 e. The van der Waals surface area contributed by atoms with Gasteiger partial charge in [-0.2, -0.15) is 0 Å². The van der Waals surface area contributed by atoms with Crippen molar-refractivity contribution in [2.45, 2.75) is 37.7 Å². The Morgan fingerprint density at radius 2 is 1.88 bits per heavy atom. The molecule has 2 N–H and O–H groups in total. The molecule has 0 heterocycles. The summed E-state index contributed by atoms with van der Waals surface area (Å²) in [4.78, 5) is 11.2. The fraction of sp³-hybridized carbons (Fsp3) is 0.615. The van der Waals surface area contributed by atoms with Crippen LogP contribution in [0.2, 0.25) is 0 Å². The number of rotatable bonds is 2. The highest BCUT2D eigenvalue weighted by Gasteiger charge is 2.45.